The number of hydrogen-bond acceptors (Lipinski definition) is 3. The minimum atomic E-state index is -0.181. The minimum absolute atomic E-state index is 0.000430. The molecule has 5 N–H and O–H groups in total. The number of benzene rings is 1. The van der Waals surface area contributed by atoms with Crippen molar-refractivity contribution in [1.29, 1.82) is 0 Å². The van der Waals surface area contributed by atoms with Gasteiger partial charge in [-0.25, -0.2) is 4.79 Å². The molecule has 2 saturated carbocycles. The molecule has 124 valence electrons. The maximum Gasteiger partial charge on any atom is 0.319 e. The molecule has 0 aliphatic heterocycles. The zero-order valence-corrected chi connectivity index (χ0v) is 13.2. The van der Waals surface area contributed by atoms with Crippen LogP contribution in [0.2, 0.25) is 0 Å². The molecule has 2 atom stereocenters. The highest BCUT2D eigenvalue weighted by Gasteiger charge is 2.26. The first-order valence-electron chi connectivity index (χ1n) is 8.33. The lowest BCUT2D eigenvalue weighted by molar-refractivity contribution is -0.117. The lowest BCUT2D eigenvalue weighted by Crippen LogP contribution is -2.30. The molecule has 0 heterocycles. The second-order valence-corrected chi connectivity index (χ2v) is 6.56. The molecule has 0 spiro atoms. The largest absolute Gasteiger partial charge is 0.335 e. The Morgan fingerprint density at radius 2 is 1.65 bits per heavy atom. The van der Waals surface area contributed by atoms with Gasteiger partial charge in [-0.1, -0.05) is 6.42 Å². The Balaban J connectivity index is 1.46. The Bertz CT molecular complexity index is 568. The fourth-order valence-corrected chi connectivity index (χ4v) is 2.99. The molecule has 0 bridgehead atoms. The van der Waals surface area contributed by atoms with Crippen molar-refractivity contribution in [2.24, 2.45) is 11.7 Å². The van der Waals surface area contributed by atoms with Gasteiger partial charge in [0.15, 0.2) is 0 Å². The van der Waals surface area contributed by atoms with E-state index in [1.807, 2.05) is 0 Å². The number of carbonyl (C=O) groups excluding carboxylic acids is 2. The van der Waals surface area contributed by atoms with Gasteiger partial charge in [-0.05, 0) is 55.9 Å². The zero-order chi connectivity index (χ0) is 16.2. The number of nitrogens with one attached hydrogen (secondary N) is 3. The van der Waals surface area contributed by atoms with Crippen LogP contribution in [0.5, 0.6) is 0 Å². The topological polar surface area (TPSA) is 96.2 Å². The fourth-order valence-electron chi connectivity index (χ4n) is 2.99. The van der Waals surface area contributed by atoms with Gasteiger partial charge in [0.05, 0.1) is 0 Å². The normalized spacial score (nSPS) is 23.3. The van der Waals surface area contributed by atoms with Crippen LogP contribution in [0.4, 0.5) is 16.2 Å². The van der Waals surface area contributed by atoms with Gasteiger partial charge in [0, 0.05) is 29.9 Å². The standard InChI is InChI=1S/C17H24N4O2/c18-15-3-1-2-11(15)10-16(22)19-12-4-6-13(7-5-12)20-17(23)21-14-8-9-14/h4-7,11,14-15H,1-3,8-10,18H2,(H,19,22)(H2,20,21,23)/t11-,15+/m0/s1. The van der Waals surface area contributed by atoms with Crippen LogP contribution in [0.3, 0.4) is 0 Å². The molecule has 0 radical (unpaired) electrons. The minimum Gasteiger partial charge on any atom is -0.335 e. The van der Waals surface area contributed by atoms with Crippen molar-refractivity contribution in [2.45, 2.75) is 50.6 Å². The molecule has 1 aromatic rings. The van der Waals surface area contributed by atoms with E-state index in [9.17, 15) is 9.59 Å². The summed E-state index contributed by atoms with van der Waals surface area (Å²) in [5, 5.41) is 8.53. The van der Waals surface area contributed by atoms with E-state index in [1.54, 1.807) is 24.3 Å². The second kappa shape index (κ2) is 7.00. The first kappa shape index (κ1) is 15.8. The van der Waals surface area contributed by atoms with Crippen molar-refractivity contribution < 1.29 is 9.59 Å². The lowest BCUT2D eigenvalue weighted by Gasteiger charge is -2.15. The van der Waals surface area contributed by atoms with Gasteiger partial charge in [0.1, 0.15) is 0 Å². The van der Waals surface area contributed by atoms with Crippen LogP contribution >= 0.6 is 0 Å². The van der Waals surface area contributed by atoms with Gasteiger partial charge in [-0.3, -0.25) is 4.79 Å². The van der Waals surface area contributed by atoms with E-state index >= 15 is 0 Å². The second-order valence-electron chi connectivity index (χ2n) is 6.56. The molecule has 2 aliphatic rings. The van der Waals surface area contributed by atoms with Gasteiger partial charge in [0.2, 0.25) is 5.91 Å². The average Bonchev–Trinajstić information content (AvgIpc) is 3.23. The summed E-state index contributed by atoms with van der Waals surface area (Å²) >= 11 is 0. The number of nitrogens with two attached hydrogens (primary N) is 1. The van der Waals surface area contributed by atoms with Gasteiger partial charge in [0.25, 0.3) is 0 Å². The predicted octanol–water partition coefficient (Wildman–Crippen LogP) is 2.43. The summed E-state index contributed by atoms with van der Waals surface area (Å²) < 4.78 is 0. The fraction of sp³-hybridized carbons (Fsp3) is 0.529. The van der Waals surface area contributed by atoms with Gasteiger partial charge in [-0.2, -0.15) is 0 Å². The highest BCUT2D eigenvalue weighted by molar-refractivity contribution is 5.92. The summed E-state index contributed by atoms with van der Waals surface area (Å²) in [4.78, 5) is 23.7. The summed E-state index contributed by atoms with van der Waals surface area (Å²) in [5.41, 5.74) is 7.44. The number of carbonyl (C=O) groups is 2. The Labute approximate surface area is 136 Å². The van der Waals surface area contributed by atoms with Crippen LogP contribution in [0.1, 0.15) is 38.5 Å². The maximum absolute atomic E-state index is 12.1. The zero-order valence-electron chi connectivity index (χ0n) is 13.2. The van der Waals surface area contributed by atoms with E-state index in [-0.39, 0.29) is 18.0 Å². The molecule has 1 aromatic carbocycles. The molecule has 6 nitrogen and oxygen atoms in total. The van der Waals surface area contributed by atoms with Gasteiger partial charge in [-0.15, -0.1) is 0 Å². The Morgan fingerprint density at radius 1 is 1.00 bits per heavy atom. The van der Waals surface area contributed by atoms with Crippen molar-refractivity contribution >= 4 is 23.3 Å². The quantitative estimate of drug-likeness (QED) is 0.671. The molecular weight excluding hydrogens is 292 g/mol. The van der Waals surface area contributed by atoms with E-state index < -0.39 is 0 Å². The molecule has 3 amide bonds. The van der Waals surface area contributed by atoms with Gasteiger partial charge < -0.3 is 21.7 Å². The summed E-state index contributed by atoms with van der Waals surface area (Å²) in [6.07, 6.45) is 5.76. The molecular formula is C17H24N4O2. The Hall–Kier alpha value is -2.08. The van der Waals surface area contributed by atoms with Crippen LogP contribution in [-0.2, 0) is 4.79 Å². The summed E-state index contributed by atoms with van der Waals surface area (Å²) in [5.74, 6) is 0.293. The SMILES string of the molecule is N[C@@H]1CCC[C@H]1CC(=O)Nc1ccc(NC(=O)NC2CC2)cc1. The number of urea groups is 1. The lowest BCUT2D eigenvalue weighted by atomic mass is 10.00. The number of anilines is 2. The molecule has 2 fully saturated rings. The molecule has 23 heavy (non-hydrogen) atoms. The van der Waals surface area contributed by atoms with Crippen LogP contribution in [0, 0.1) is 5.92 Å². The highest BCUT2D eigenvalue weighted by atomic mass is 16.2. The summed E-state index contributed by atoms with van der Waals surface area (Å²) in [7, 11) is 0. The van der Waals surface area contributed by atoms with Crippen LogP contribution in [0.15, 0.2) is 24.3 Å². The maximum atomic E-state index is 12.1. The van der Waals surface area contributed by atoms with Crippen LogP contribution in [-0.4, -0.2) is 24.0 Å². The summed E-state index contributed by atoms with van der Waals surface area (Å²) in [6.45, 7) is 0. The van der Waals surface area contributed by atoms with Crippen molar-refractivity contribution in [3.63, 3.8) is 0 Å². The third-order valence-electron chi connectivity index (χ3n) is 4.50. The number of amides is 3. The Kier molecular flexibility index (Phi) is 4.81. The summed E-state index contributed by atoms with van der Waals surface area (Å²) in [6, 6.07) is 7.44. The monoisotopic (exact) mass is 316 g/mol. The molecule has 6 heteroatoms. The van der Waals surface area contributed by atoms with E-state index in [1.165, 1.54) is 0 Å². The third-order valence-corrected chi connectivity index (χ3v) is 4.50. The van der Waals surface area contributed by atoms with Crippen molar-refractivity contribution in [3.05, 3.63) is 24.3 Å². The first-order valence-corrected chi connectivity index (χ1v) is 8.33. The highest BCUT2D eigenvalue weighted by Crippen LogP contribution is 2.27. The molecule has 0 saturated heterocycles. The van der Waals surface area contributed by atoms with Crippen LogP contribution in [0.25, 0.3) is 0 Å². The number of hydrogen-bond donors (Lipinski definition) is 4. The van der Waals surface area contributed by atoms with E-state index in [2.05, 4.69) is 16.0 Å². The smallest absolute Gasteiger partial charge is 0.319 e. The van der Waals surface area contributed by atoms with E-state index in [4.69, 9.17) is 5.73 Å². The van der Waals surface area contributed by atoms with E-state index in [0.29, 0.717) is 24.1 Å². The molecule has 0 aromatic heterocycles. The molecule has 0 unspecified atom stereocenters. The number of rotatable bonds is 5. The van der Waals surface area contributed by atoms with Crippen molar-refractivity contribution in [1.82, 2.24) is 5.32 Å². The van der Waals surface area contributed by atoms with Crippen LogP contribution < -0.4 is 21.7 Å². The van der Waals surface area contributed by atoms with Crippen molar-refractivity contribution in [3.8, 4) is 0 Å². The Morgan fingerprint density at radius 3 is 2.22 bits per heavy atom. The third kappa shape index (κ3) is 4.69. The molecule has 2 aliphatic carbocycles. The van der Waals surface area contributed by atoms with Crippen molar-refractivity contribution in [2.75, 3.05) is 10.6 Å². The van der Waals surface area contributed by atoms with E-state index in [0.717, 1.165) is 37.8 Å². The predicted molar refractivity (Wildman–Crippen MR) is 90.2 cm³/mol. The average molecular weight is 316 g/mol. The molecule has 3 rings (SSSR count). The van der Waals surface area contributed by atoms with Gasteiger partial charge >= 0.3 is 6.03 Å². The first-order chi connectivity index (χ1) is 11.1.